The van der Waals surface area contributed by atoms with Gasteiger partial charge in [-0.1, -0.05) is 0 Å². The number of aromatic nitrogens is 1. The fourth-order valence-corrected chi connectivity index (χ4v) is 1.63. The second kappa shape index (κ2) is 8.06. The lowest BCUT2D eigenvalue weighted by atomic mass is 10.2. The Morgan fingerprint density at radius 2 is 2.26 bits per heavy atom. The van der Waals surface area contributed by atoms with Gasteiger partial charge >= 0.3 is 5.97 Å². The lowest BCUT2D eigenvalue weighted by Crippen LogP contribution is -2.30. The minimum atomic E-state index is -0.442. The molecule has 0 unspecified atom stereocenters. The van der Waals surface area contributed by atoms with Crippen molar-refractivity contribution in [2.24, 2.45) is 0 Å². The third kappa shape index (κ3) is 4.23. The van der Waals surface area contributed by atoms with E-state index in [0.29, 0.717) is 37.5 Å². The van der Waals surface area contributed by atoms with Crippen molar-refractivity contribution in [2.45, 2.75) is 6.42 Å². The summed E-state index contributed by atoms with van der Waals surface area (Å²) in [6.45, 7) is 1.53. The number of esters is 1. The lowest BCUT2D eigenvalue weighted by Gasteiger charge is -2.23. The molecule has 0 radical (unpaired) electrons. The van der Waals surface area contributed by atoms with Crippen LogP contribution in [-0.4, -0.2) is 44.9 Å². The highest BCUT2D eigenvalue weighted by molar-refractivity contribution is 5.94. The molecule has 0 aliphatic carbocycles. The van der Waals surface area contributed by atoms with Gasteiger partial charge in [0.15, 0.2) is 0 Å². The minimum absolute atomic E-state index is 0.348. The van der Waals surface area contributed by atoms with Crippen LogP contribution in [0.2, 0.25) is 0 Å². The zero-order valence-electron chi connectivity index (χ0n) is 11.1. The molecule has 0 saturated carbocycles. The largest absolute Gasteiger partial charge is 0.465 e. The smallest absolute Gasteiger partial charge is 0.341 e. The van der Waals surface area contributed by atoms with E-state index in [4.69, 9.17) is 14.7 Å². The second-order valence-electron chi connectivity index (χ2n) is 3.75. The van der Waals surface area contributed by atoms with E-state index in [1.165, 1.54) is 7.11 Å². The maximum atomic E-state index is 11.7. The molecule has 0 aliphatic heterocycles. The van der Waals surface area contributed by atoms with Gasteiger partial charge in [-0.2, -0.15) is 5.26 Å². The number of nitriles is 1. The molecule has 102 valence electrons. The van der Waals surface area contributed by atoms with Gasteiger partial charge in [-0.15, -0.1) is 0 Å². The maximum Gasteiger partial charge on any atom is 0.341 e. The summed E-state index contributed by atoms with van der Waals surface area (Å²) in [5.74, 6) is 0.0733. The number of anilines is 1. The molecule has 6 heteroatoms. The van der Waals surface area contributed by atoms with E-state index in [1.807, 2.05) is 4.90 Å². The van der Waals surface area contributed by atoms with Gasteiger partial charge in [-0.05, 0) is 12.1 Å². The fraction of sp³-hybridized carbons (Fsp3) is 0.462. The molecule has 0 amide bonds. The first-order chi connectivity index (χ1) is 9.24. The number of rotatable bonds is 7. The number of pyridine rings is 1. The van der Waals surface area contributed by atoms with Crippen LogP contribution in [0.15, 0.2) is 18.3 Å². The zero-order chi connectivity index (χ0) is 14.1. The summed E-state index contributed by atoms with van der Waals surface area (Å²) < 4.78 is 9.77. The number of nitrogens with zero attached hydrogens (tertiary/aromatic N) is 3. The molecule has 0 fully saturated rings. The van der Waals surface area contributed by atoms with Crippen molar-refractivity contribution in [3.05, 3.63) is 23.9 Å². The number of hydrogen-bond acceptors (Lipinski definition) is 6. The molecule has 1 aromatic heterocycles. The average molecular weight is 263 g/mol. The molecule has 1 heterocycles. The van der Waals surface area contributed by atoms with Crippen LogP contribution >= 0.6 is 0 Å². The van der Waals surface area contributed by atoms with Gasteiger partial charge in [0.2, 0.25) is 0 Å². The Bertz CT molecular complexity index is 457. The molecule has 0 N–H and O–H groups in total. The van der Waals surface area contributed by atoms with E-state index in [1.54, 1.807) is 25.4 Å². The van der Waals surface area contributed by atoms with Crippen LogP contribution < -0.4 is 4.90 Å². The number of methoxy groups -OCH3 is 2. The normalized spacial score (nSPS) is 9.74. The number of ether oxygens (including phenoxy) is 2. The Balaban J connectivity index is 2.99. The van der Waals surface area contributed by atoms with Crippen molar-refractivity contribution in [3.8, 4) is 6.07 Å². The predicted octanol–water partition coefficient (Wildman–Crippen LogP) is 1.23. The summed E-state index contributed by atoms with van der Waals surface area (Å²) in [6.07, 6.45) is 1.95. The summed E-state index contributed by atoms with van der Waals surface area (Å²) in [4.78, 5) is 17.8. The third-order valence-electron chi connectivity index (χ3n) is 2.55. The van der Waals surface area contributed by atoms with Crippen molar-refractivity contribution in [2.75, 3.05) is 38.8 Å². The van der Waals surface area contributed by atoms with Gasteiger partial charge in [0.1, 0.15) is 11.4 Å². The number of carbonyl (C=O) groups is 1. The van der Waals surface area contributed by atoms with Crippen molar-refractivity contribution in [3.63, 3.8) is 0 Å². The van der Waals surface area contributed by atoms with Crippen LogP contribution in [0.5, 0.6) is 0 Å². The van der Waals surface area contributed by atoms with E-state index in [0.717, 1.165) is 0 Å². The standard InChI is InChI=1S/C13H17N3O3/c1-18-10-9-16(8-4-6-14)12-11(13(17)19-2)5-3-7-15-12/h3,5,7H,4,8-10H2,1-2H3. The lowest BCUT2D eigenvalue weighted by molar-refractivity contribution is 0.0601. The van der Waals surface area contributed by atoms with Crippen LogP contribution in [0.4, 0.5) is 5.82 Å². The van der Waals surface area contributed by atoms with E-state index >= 15 is 0 Å². The van der Waals surface area contributed by atoms with Crippen LogP contribution in [0.3, 0.4) is 0 Å². The molecule has 0 saturated heterocycles. The van der Waals surface area contributed by atoms with Gasteiger partial charge in [0, 0.05) is 26.4 Å². The SMILES string of the molecule is COCCN(CCC#N)c1ncccc1C(=O)OC. The molecule has 19 heavy (non-hydrogen) atoms. The van der Waals surface area contributed by atoms with Crippen molar-refractivity contribution >= 4 is 11.8 Å². The summed E-state index contributed by atoms with van der Waals surface area (Å²) in [5, 5.41) is 8.69. The molecule has 1 aromatic rings. The van der Waals surface area contributed by atoms with E-state index < -0.39 is 5.97 Å². The Kier molecular flexibility index (Phi) is 6.33. The number of carbonyl (C=O) groups excluding carboxylic acids is 1. The maximum absolute atomic E-state index is 11.7. The molecule has 1 rings (SSSR count). The molecule has 0 atom stereocenters. The Morgan fingerprint density at radius 3 is 2.89 bits per heavy atom. The predicted molar refractivity (Wildman–Crippen MR) is 69.9 cm³/mol. The van der Waals surface area contributed by atoms with Crippen LogP contribution in [0.1, 0.15) is 16.8 Å². The van der Waals surface area contributed by atoms with Crippen LogP contribution in [-0.2, 0) is 9.47 Å². The third-order valence-corrected chi connectivity index (χ3v) is 2.55. The summed E-state index contributed by atoms with van der Waals surface area (Å²) in [7, 11) is 2.93. The van der Waals surface area contributed by atoms with Crippen LogP contribution in [0, 0.1) is 11.3 Å². The minimum Gasteiger partial charge on any atom is -0.465 e. The zero-order valence-corrected chi connectivity index (χ0v) is 11.1. The topological polar surface area (TPSA) is 75.5 Å². The molecule has 0 spiro atoms. The number of hydrogen-bond donors (Lipinski definition) is 0. The highest BCUT2D eigenvalue weighted by Gasteiger charge is 2.17. The van der Waals surface area contributed by atoms with Gasteiger partial charge in [-0.3, -0.25) is 0 Å². The van der Waals surface area contributed by atoms with E-state index in [9.17, 15) is 4.79 Å². The molecular weight excluding hydrogens is 246 g/mol. The van der Waals surface area contributed by atoms with Gasteiger partial charge in [-0.25, -0.2) is 9.78 Å². The van der Waals surface area contributed by atoms with Gasteiger partial charge < -0.3 is 14.4 Å². The second-order valence-corrected chi connectivity index (χ2v) is 3.75. The highest BCUT2D eigenvalue weighted by Crippen LogP contribution is 2.18. The molecule has 0 aliphatic rings. The average Bonchev–Trinajstić information content (AvgIpc) is 2.47. The molecule has 0 aromatic carbocycles. The first-order valence-electron chi connectivity index (χ1n) is 5.88. The highest BCUT2D eigenvalue weighted by atomic mass is 16.5. The summed E-state index contributed by atoms with van der Waals surface area (Å²) in [6, 6.07) is 5.41. The van der Waals surface area contributed by atoms with Crippen molar-refractivity contribution in [1.29, 1.82) is 5.26 Å². The van der Waals surface area contributed by atoms with Crippen LogP contribution in [0.25, 0.3) is 0 Å². The fourth-order valence-electron chi connectivity index (χ4n) is 1.63. The van der Waals surface area contributed by atoms with E-state index in [-0.39, 0.29) is 0 Å². The van der Waals surface area contributed by atoms with Gasteiger partial charge in [0.05, 0.1) is 26.2 Å². The quantitative estimate of drug-likeness (QED) is 0.689. The molecule has 0 bridgehead atoms. The first-order valence-corrected chi connectivity index (χ1v) is 5.88. The monoisotopic (exact) mass is 263 g/mol. The first kappa shape index (κ1) is 14.9. The molecular formula is C13H17N3O3. The van der Waals surface area contributed by atoms with Crippen molar-refractivity contribution in [1.82, 2.24) is 4.98 Å². The molecule has 6 nitrogen and oxygen atoms in total. The Morgan fingerprint density at radius 1 is 1.47 bits per heavy atom. The Hall–Kier alpha value is -2.13. The van der Waals surface area contributed by atoms with Crippen molar-refractivity contribution < 1.29 is 14.3 Å². The van der Waals surface area contributed by atoms with Gasteiger partial charge in [0.25, 0.3) is 0 Å². The summed E-state index contributed by atoms with van der Waals surface area (Å²) in [5.41, 5.74) is 0.388. The van der Waals surface area contributed by atoms with E-state index in [2.05, 4.69) is 11.1 Å². The Labute approximate surface area is 112 Å². The summed E-state index contributed by atoms with van der Waals surface area (Å²) >= 11 is 0.